The van der Waals surface area contributed by atoms with E-state index in [1.165, 1.54) is 0 Å². The molecular formula is C28H33N3O3. The van der Waals surface area contributed by atoms with Crippen LogP contribution >= 0.6 is 0 Å². The predicted octanol–water partition coefficient (Wildman–Crippen LogP) is 5.09. The second-order valence-electron chi connectivity index (χ2n) is 9.02. The van der Waals surface area contributed by atoms with E-state index in [0.29, 0.717) is 35.9 Å². The van der Waals surface area contributed by atoms with Crippen LogP contribution in [0.5, 0.6) is 0 Å². The summed E-state index contributed by atoms with van der Waals surface area (Å²) < 4.78 is 5.08. The second-order valence-corrected chi connectivity index (χ2v) is 9.02. The van der Waals surface area contributed by atoms with E-state index in [2.05, 4.69) is 22.5 Å². The monoisotopic (exact) mass is 459 g/mol. The Hall–Kier alpha value is -3.38. The zero-order valence-electron chi connectivity index (χ0n) is 20.0. The number of fused-ring (bicyclic) bond motifs is 1. The molecule has 178 valence electrons. The molecule has 0 radical (unpaired) electrons. The lowest BCUT2D eigenvalue weighted by atomic mass is 9.97. The van der Waals surface area contributed by atoms with E-state index in [1.54, 1.807) is 13.2 Å². The molecule has 0 aliphatic carbocycles. The van der Waals surface area contributed by atoms with Crippen molar-refractivity contribution in [2.45, 2.75) is 26.2 Å². The van der Waals surface area contributed by atoms with Crippen molar-refractivity contribution in [3.8, 4) is 0 Å². The van der Waals surface area contributed by atoms with Crippen LogP contribution in [-0.2, 0) is 4.74 Å². The first-order chi connectivity index (χ1) is 16.5. The number of nitrogens with one attached hydrogen (secondary N) is 2. The Morgan fingerprint density at radius 3 is 2.50 bits per heavy atom. The van der Waals surface area contributed by atoms with E-state index in [9.17, 15) is 9.59 Å². The summed E-state index contributed by atoms with van der Waals surface area (Å²) in [7, 11) is 1.65. The molecule has 3 aromatic rings. The summed E-state index contributed by atoms with van der Waals surface area (Å²) in [5.41, 5.74) is 2.69. The van der Waals surface area contributed by atoms with Crippen LogP contribution in [0.3, 0.4) is 0 Å². The normalized spacial score (nSPS) is 14.2. The Morgan fingerprint density at radius 1 is 0.971 bits per heavy atom. The lowest BCUT2D eigenvalue weighted by molar-refractivity contribution is 0.0947. The van der Waals surface area contributed by atoms with E-state index < -0.39 is 0 Å². The first-order valence-electron chi connectivity index (χ1n) is 12.0. The minimum absolute atomic E-state index is 0.133. The van der Waals surface area contributed by atoms with Crippen molar-refractivity contribution in [3.05, 3.63) is 71.8 Å². The smallest absolute Gasteiger partial charge is 0.255 e. The third kappa shape index (κ3) is 5.75. The van der Waals surface area contributed by atoms with Crippen LogP contribution in [0.1, 0.15) is 46.9 Å². The minimum atomic E-state index is -0.197. The summed E-state index contributed by atoms with van der Waals surface area (Å²) >= 11 is 0. The quantitative estimate of drug-likeness (QED) is 0.460. The molecule has 1 heterocycles. The van der Waals surface area contributed by atoms with Crippen molar-refractivity contribution in [1.29, 1.82) is 0 Å². The van der Waals surface area contributed by atoms with Crippen LogP contribution in [0.2, 0.25) is 0 Å². The van der Waals surface area contributed by atoms with Gasteiger partial charge < -0.3 is 20.3 Å². The Balaban J connectivity index is 1.55. The molecule has 0 spiro atoms. The molecule has 3 aromatic carbocycles. The van der Waals surface area contributed by atoms with E-state index >= 15 is 0 Å². The molecule has 6 heteroatoms. The molecular weight excluding hydrogens is 426 g/mol. The lowest BCUT2D eigenvalue weighted by Crippen LogP contribution is -2.35. The number of carbonyl (C=O) groups is 2. The van der Waals surface area contributed by atoms with Crippen LogP contribution in [0.4, 0.5) is 11.4 Å². The number of benzene rings is 3. The van der Waals surface area contributed by atoms with E-state index in [1.807, 2.05) is 54.6 Å². The minimum Gasteiger partial charge on any atom is -0.385 e. The number of carbonyl (C=O) groups excluding carboxylic acids is 2. The standard InChI is InChI=1S/C28H33N3O3/c1-20-12-15-31(16-13-20)26-11-10-24(19-25(26)28(33)29-14-5-17-34-2)30-27(32)23-9-8-21-6-3-4-7-22(21)18-23/h3-4,6-11,18-20H,5,12-17H2,1-2H3,(H,29,33)(H,30,32). The van der Waals surface area contributed by atoms with Crippen molar-refractivity contribution in [2.24, 2.45) is 5.92 Å². The topological polar surface area (TPSA) is 70.7 Å². The van der Waals surface area contributed by atoms with Crippen molar-refractivity contribution in [2.75, 3.05) is 43.6 Å². The Kier molecular flexibility index (Phi) is 7.80. The molecule has 0 bridgehead atoms. The van der Waals surface area contributed by atoms with E-state index in [4.69, 9.17) is 4.74 Å². The molecule has 0 atom stereocenters. The number of anilines is 2. The van der Waals surface area contributed by atoms with Crippen molar-refractivity contribution >= 4 is 34.0 Å². The van der Waals surface area contributed by atoms with Gasteiger partial charge in [0.25, 0.3) is 11.8 Å². The Morgan fingerprint density at radius 2 is 1.74 bits per heavy atom. The molecule has 0 aromatic heterocycles. The van der Waals surface area contributed by atoms with Gasteiger partial charge in [0.15, 0.2) is 0 Å². The van der Waals surface area contributed by atoms with Crippen molar-refractivity contribution in [1.82, 2.24) is 5.32 Å². The van der Waals surface area contributed by atoms with Crippen molar-refractivity contribution < 1.29 is 14.3 Å². The largest absolute Gasteiger partial charge is 0.385 e. The first kappa shape index (κ1) is 23.8. The molecule has 6 nitrogen and oxygen atoms in total. The Bertz CT molecular complexity index is 1150. The zero-order chi connectivity index (χ0) is 23.9. The fourth-order valence-corrected chi connectivity index (χ4v) is 4.37. The predicted molar refractivity (Wildman–Crippen MR) is 138 cm³/mol. The molecule has 2 amide bonds. The maximum Gasteiger partial charge on any atom is 0.255 e. The highest BCUT2D eigenvalue weighted by atomic mass is 16.5. The maximum absolute atomic E-state index is 13.1. The van der Waals surface area contributed by atoms with Gasteiger partial charge in [-0.2, -0.15) is 0 Å². The molecule has 2 N–H and O–H groups in total. The van der Waals surface area contributed by atoms with Gasteiger partial charge in [0.2, 0.25) is 0 Å². The molecule has 1 aliphatic heterocycles. The van der Waals surface area contributed by atoms with E-state index in [-0.39, 0.29) is 11.8 Å². The number of rotatable bonds is 8. The summed E-state index contributed by atoms with van der Waals surface area (Å²) in [5, 5.41) is 8.07. The molecule has 1 fully saturated rings. The third-order valence-corrected chi connectivity index (χ3v) is 6.45. The number of methoxy groups -OCH3 is 1. The summed E-state index contributed by atoms with van der Waals surface area (Å²) in [6.07, 6.45) is 2.96. The molecule has 4 rings (SSSR count). The van der Waals surface area contributed by atoms with Gasteiger partial charge in [-0.25, -0.2) is 0 Å². The van der Waals surface area contributed by atoms with Gasteiger partial charge in [0.1, 0.15) is 0 Å². The van der Waals surface area contributed by atoms with Crippen LogP contribution in [-0.4, -0.2) is 45.2 Å². The lowest BCUT2D eigenvalue weighted by Gasteiger charge is -2.33. The summed E-state index contributed by atoms with van der Waals surface area (Å²) in [6.45, 7) is 5.25. The number of nitrogens with zero attached hydrogens (tertiary/aromatic N) is 1. The van der Waals surface area contributed by atoms with Crippen LogP contribution in [0.15, 0.2) is 60.7 Å². The number of amides is 2. The van der Waals surface area contributed by atoms with Crippen LogP contribution in [0, 0.1) is 5.92 Å². The van der Waals surface area contributed by atoms with Gasteiger partial charge in [-0.3, -0.25) is 9.59 Å². The fraction of sp³-hybridized carbons (Fsp3) is 0.357. The second kappa shape index (κ2) is 11.2. The molecule has 0 unspecified atom stereocenters. The molecule has 0 saturated carbocycles. The van der Waals surface area contributed by atoms with Gasteiger partial charge >= 0.3 is 0 Å². The average Bonchev–Trinajstić information content (AvgIpc) is 2.86. The molecule has 1 aliphatic rings. The summed E-state index contributed by atoms with van der Waals surface area (Å²) in [6, 6.07) is 19.2. The number of ether oxygens (including phenoxy) is 1. The van der Waals surface area contributed by atoms with Gasteiger partial charge in [0, 0.05) is 50.3 Å². The van der Waals surface area contributed by atoms with Crippen LogP contribution < -0.4 is 15.5 Å². The molecule has 1 saturated heterocycles. The van der Waals surface area contributed by atoms with Crippen molar-refractivity contribution in [3.63, 3.8) is 0 Å². The number of piperidine rings is 1. The van der Waals surface area contributed by atoms with Gasteiger partial charge in [0.05, 0.1) is 5.56 Å². The fourth-order valence-electron chi connectivity index (χ4n) is 4.37. The van der Waals surface area contributed by atoms with E-state index in [0.717, 1.165) is 48.8 Å². The summed E-state index contributed by atoms with van der Waals surface area (Å²) in [4.78, 5) is 28.3. The van der Waals surface area contributed by atoms with Gasteiger partial charge in [-0.05, 0) is 66.3 Å². The van der Waals surface area contributed by atoms with Gasteiger partial charge in [-0.15, -0.1) is 0 Å². The van der Waals surface area contributed by atoms with Crippen LogP contribution in [0.25, 0.3) is 10.8 Å². The average molecular weight is 460 g/mol. The number of hydrogen-bond donors (Lipinski definition) is 2. The highest BCUT2D eigenvalue weighted by Crippen LogP contribution is 2.29. The maximum atomic E-state index is 13.1. The zero-order valence-corrected chi connectivity index (χ0v) is 20.0. The summed E-state index contributed by atoms with van der Waals surface area (Å²) in [5.74, 6) is 0.367. The highest BCUT2D eigenvalue weighted by Gasteiger charge is 2.22. The third-order valence-electron chi connectivity index (χ3n) is 6.45. The first-order valence-corrected chi connectivity index (χ1v) is 12.0. The highest BCUT2D eigenvalue weighted by molar-refractivity contribution is 6.08. The molecule has 34 heavy (non-hydrogen) atoms. The Labute approximate surface area is 201 Å². The number of hydrogen-bond acceptors (Lipinski definition) is 4. The van der Waals surface area contributed by atoms with Gasteiger partial charge in [-0.1, -0.05) is 37.3 Å². The SMILES string of the molecule is COCCCNC(=O)c1cc(NC(=O)c2ccc3ccccc3c2)ccc1N1CCC(C)CC1.